The van der Waals surface area contributed by atoms with Gasteiger partial charge in [0.25, 0.3) is 0 Å². The molecule has 1 aliphatic carbocycles. The molecule has 2 aromatic heterocycles. The molecule has 3 heterocycles. The van der Waals surface area contributed by atoms with Crippen LogP contribution >= 0.6 is 11.3 Å². The Morgan fingerprint density at radius 3 is 3.05 bits per heavy atom. The average molecular weight is 303 g/mol. The summed E-state index contributed by atoms with van der Waals surface area (Å²) < 4.78 is 5.73. The molecule has 0 bridgehead atoms. The highest BCUT2D eigenvalue weighted by molar-refractivity contribution is 7.19. The summed E-state index contributed by atoms with van der Waals surface area (Å²) in [5.41, 5.74) is 1.50. The van der Waals surface area contributed by atoms with Crippen molar-refractivity contribution >= 4 is 27.4 Å². The van der Waals surface area contributed by atoms with E-state index in [0.717, 1.165) is 37.6 Å². The molecule has 112 valence electrons. The second-order valence-electron chi connectivity index (χ2n) is 5.90. The molecule has 1 fully saturated rings. The number of anilines is 1. The minimum Gasteiger partial charge on any atom is -0.378 e. The smallest absolute Gasteiger partial charge is 0.138 e. The molecule has 1 N–H and O–H groups in total. The van der Waals surface area contributed by atoms with Crippen molar-refractivity contribution in [3.05, 3.63) is 16.3 Å². The number of aromatic nitrogens is 2. The highest BCUT2D eigenvalue weighted by atomic mass is 32.1. The summed E-state index contributed by atoms with van der Waals surface area (Å²) in [6.07, 6.45) is 7.13. The number of hydrogen-bond donors (Lipinski definition) is 1. The minimum atomic E-state index is 0.309. The standard InChI is InChI=1S/C16H21N3OS/c1-2-17-15-14-11-6-3-7-12(11)21-16(14)19-13(18-15)9-10-5-4-8-20-10/h10H,2-9H2,1H3,(H,17,18,19). The molecule has 0 spiro atoms. The fraction of sp³-hybridized carbons (Fsp3) is 0.625. The number of nitrogens with zero attached hydrogens (tertiary/aromatic N) is 2. The Labute approximate surface area is 128 Å². The number of nitrogens with one attached hydrogen (secondary N) is 1. The van der Waals surface area contributed by atoms with Gasteiger partial charge in [0.2, 0.25) is 0 Å². The lowest BCUT2D eigenvalue weighted by atomic mass is 10.1. The summed E-state index contributed by atoms with van der Waals surface area (Å²) in [6, 6.07) is 0. The van der Waals surface area contributed by atoms with Gasteiger partial charge in [0.1, 0.15) is 16.5 Å². The molecule has 4 nitrogen and oxygen atoms in total. The van der Waals surface area contributed by atoms with Crippen molar-refractivity contribution in [3.63, 3.8) is 0 Å². The van der Waals surface area contributed by atoms with Gasteiger partial charge >= 0.3 is 0 Å². The maximum Gasteiger partial charge on any atom is 0.138 e. The van der Waals surface area contributed by atoms with E-state index in [-0.39, 0.29) is 0 Å². The van der Waals surface area contributed by atoms with Crippen LogP contribution in [0, 0.1) is 0 Å². The third-order valence-corrected chi connectivity index (χ3v) is 5.58. The van der Waals surface area contributed by atoms with Gasteiger partial charge in [0.05, 0.1) is 11.5 Å². The van der Waals surface area contributed by atoms with Crippen molar-refractivity contribution in [3.8, 4) is 0 Å². The Morgan fingerprint density at radius 2 is 2.24 bits per heavy atom. The first kappa shape index (κ1) is 13.5. The fourth-order valence-corrected chi connectivity index (χ4v) is 4.72. The Hall–Kier alpha value is -1.20. The molecule has 0 aromatic carbocycles. The molecular formula is C16H21N3OS. The summed E-state index contributed by atoms with van der Waals surface area (Å²) in [5, 5.41) is 4.73. The topological polar surface area (TPSA) is 47.0 Å². The lowest BCUT2D eigenvalue weighted by Gasteiger charge is -2.11. The van der Waals surface area contributed by atoms with Crippen LogP contribution in [0.15, 0.2) is 0 Å². The molecule has 21 heavy (non-hydrogen) atoms. The van der Waals surface area contributed by atoms with Crippen molar-refractivity contribution in [1.82, 2.24) is 9.97 Å². The van der Waals surface area contributed by atoms with E-state index in [0.29, 0.717) is 6.10 Å². The van der Waals surface area contributed by atoms with Crippen LogP contribution in [0.1, 0.15) is 42.5 Å². The van der Waals surface area contributed by atoms with Crippen molar-refractivity contribution < 1.29 is 4.74 Å². The molecule has 2 aromatic rings. The maximum absolute atomic E-state index is 5.73. The molecule has 0 radical (unpaired) electrons. The van der Waals surface area contributed by atoms with E-state index in [2.05, 4.69) is 12.2 Å². The third-order valence-electron chi connectivity index (χ3n) is 4.39. The van der Waals surface area contributed by atoms with E-state index in [1.807, 2.05) is 11.3 Å². The molecule has 4 rings (SSSR count). The molecule has 1 unspecified atom stereocenters. The van der Waals surface area contributed by atoms with Gasteiger partial charge in [-0.15, -0.1) is 11.3 Å². The summed E-state index contributed by atoms with van der Waals surface area (Å²) >= 11 is 1.87. The van der Waals surface area contributed by atoms with Crippen molar-refractivity contribution in [1.29, 1.82) is 0 Å². The zero-order valence-electron chi connectivity index (χ0n) is 12.4. The molecule has 0 saturated carbocycles. The first-order valence-corrected chi connectivity index (χ1v) is 8.83. The van der Waals surface area contributed by atoms with Crippen LogP contribution in [-0.4, -0.2) is 29.2 Å². The lowest BCUT2D eigenvalue weighted by Crippen LogP contribution is -2.13. The minimum absolute atomic E-state index is 0.309. The maximum atomic E-state index is 5.73. The van der Waals surface area contributed by atoms with Gasteiger partial charge in [0, 0.05) is 24.4 Å². The van der Waals surface area contributed by atoms with Gasteiger partial charge in [-0.2, -0.15) is 0 Å². The van der Waals surface area contributed by atoms with Gasteiger partial charge in [-0.3, -0.25) is 0 Å². The van der Waals surface area contributed by atoms with Crippen molar-refractivity contribution in [2.75, 3.05) is 18.5 Å². The molecule has 1 aliphatic heterocycles. The van der Waals surface area contributed by atoms with Gasteiger partial charge < -0.3 is 10.1 Å². The van der Waals surface area contributed by atoms with Crippen LogP contribution in [-0.2, 0) is 24.0 Å². The number of fused-ring (bicyclic) bond motifs is 3. The lowest BCUT2D eigenvalue weighted by molar-refractivity contribution is 0.110. The summed E-state index contributed by atoms with van der Waals surface area (Å²) in [4.78, 5) is 12.3. The van der Waals surface area contributed by atoms with Gasteiger partial charge in [0.15, 0.2) is 0 Å². The van der Waals surface area contributed by atoms with Crippen LogP contribution in [0.2, 0.25) is 0 Å². The van der Waals surface area contributed by atoms with Crippen LogP contribution in [0.25, 0.3) is 10.2 Å². The zero-order valence-corrected chi connectivity index (χ0v) is 13.3. The van der Waals surface area contributed by atoms with Crippen LogP contribution in [0.4, 0.5) is 5.82 Å². The highest BCUT2D eigenvalue weighted by Gasteiger charge is 2.23. The summed E-state index contributed by atoms with van der Waals surface area (Å²) in [5.74, 6) is 1.97. The van der Waals surface area contributed by atoms with E-state index in [4.69, 9.17) is 14.7 Å². The van der Waals surface area contributed by atoms with Crippen molar-refractivity contribution in [2.24, 2.45) is 0 Å². The quantitative estimate of drug-likeness (QED) is 0.941. The monoisotopic (exact) mass is 303 g/mol. The van der Waals surface area contributed by atoms with E-state index in [1.54, 1.807) is 0 Å². The first-order chi connectivity index (χ1) is 10.3. The summed E-state index contributed by atoms with van der Waals surface area (Å²) in [6.45, 7) is 3.91. The Balaban J connectivity index is 1.75. The fourth-order valence-electron chi connectivity index (χ4n) is 3.44. The molecule has 1 atom stereocenters. The van der Waals surface area contributed by atoms with Crippen LogP contribution in [0.5, 0.6) is 0 Å². The Kier molecular flexibility index (Phi) is 3.55. The highest BCUT2D eigenvalue weighted by Crippen LogP contribution is 2.39. The van der Waals surface area contributed by atoms with E-state index in [1.165, 1.54) is 46.3 Å². The zero-order chi connectivity index (χ0) is 14.2. The normalized spacial score (nSPS) is 21.1. The van der Waals surface area contributed by atoms with Gasteiger partial charge in [-0.1, -0.05) is 0 Å². The van der Waals surface area contributed by atoms with Crippen LogP contribution < -0.4 is 5.32 Å². The van der Waals surface area contributed by atoms with Gasteiger partial charge in [-0.05, 0) is 44.6 Å². The predicted octanol–water partition coefficient (Wildman–Crippen LogP) is 3.33. The van der Waals surface area contributed by atoms with E-state index < -0.39 is 0 Å². The number of ether oxygens (including phenoxy) is 1. The second-order valence-corrected chi connectivity index (χ2v) is 6.98. The number of aryl methyl sites for hydroxylation is 2. The van der Waals surface area contributed by atoms with Crippen molar-refractivity contribution in [2.45, 2.75) is 51.6 Å². The third kappa shape index (κ3) is 2.42. The predicted molar refractivity (Wildman–Crippen MR) is 86.3 cm³/mol. The van der Waals surface area contributed by atoms with Gasteiger partial charge in [-0.25, -0.2) is 9.97 Å². The SMILES string of the molecule is CCNc1nc(CC2CCCO2)nc2sc3c(c12)CCC3. The largest absolute Gasteiger partial charge is 0.378 e. The Morgan fingerprint density at radius 1 is 1.29 bits per heavy atom. The molecule has 1 saturated heterocycles. The second kappa shape index (κ2) is 5.54. The van der Waals surface area contributed by atoms with Crippen LogP contribution in [0.3, 0.4) is 0 Å². The number of thiophene rings is 1. The molecular weight excluding hydrogens is 282 g/mol. The molecule has 2 aliphatic rings. The Bertz CT molecular complexity index is 661. The molecule has 5 heteroatoms. The number of rotatable bonds is 4. The summed E-state index contributed by atoms with van der Waals surface area (Å²) in [7, 11) is 0. The average Bonchev–Trinajstić information content (AvgIpc) is 3.14. The molecule has 0 amide bonds. The van der Waals surface area contributed by atoms with E-state index in [9.17, 15) is 0 Å². The number of hydrogen-bond acceptors (Lipinski definition) is 5. The first-order valence-electron chi connectivity index (χ1n) is 8.01. The van der Waals surface area contributed by atoms with E-state index >= 15 is 0 Å².